The Morgan fingerprint density at radius 3 is 2.36 bits per heavy atom. The van der Waals surface area contributed by atoms with Crippen molar-refractivity contribution >= 4 is 6.29 Å². The van der Waals surface area contributed by atoms with Gasteiger partial charge in [0.05, 0.1) is 0 Å². The largest absolute Gasteiger partial charge is 0.304 e. The van der Waals surface area contributed by atoms with Gasteiger partial charge in [-0.2, -0.15) is 0 Å². The van der Waals surface area contributed by atoms with Crippen LogP contribution in [0.3, 0.4) is 0 Å². The fourth-order valence-electron chi connectivity index (χ4n) is 0.977. The zero-order chi connectivity index (χ0) is 10.6. The van der Waals surface area contributed by atoms with Crippen LogP contribution in [0.15, 0.2) is 30.3 Å². The van der Waals surface area contributed by atoms with Crippen LogP contribution in [0.2, 0.25) is 0 Å². The first-order valence-corrected chi connectivity index (χ1v) is 4.68. The van der Waals surface area contributed by atoms with Crippen LogP contribution in [0.5, 0.6) is 0 Å². The molecule has 0 saturated heterocycles. The van der Waals surface area contributed by atoms with E-state index in [4.69, 9.17) is 4.79 Å². The summed E-state index contributed by atoms with van der Waals surface area (Å²) in [6.45, 7) is 3.32. The molecule has 0 aromatic heterocycles. The number of carbonyl (C=O) groups is 1. The third kappa shape index (κ3) is 7.12. The molecular weight excluding hydrogens is 172 g/mol. The zero-order valence-electron chi connectivity index (χ0n) is 8.79. The van der Waals surface area contributed by atoms with E-state index in [1.54, 1.807) is 0 Å². The normalized spacial score (nSPS) is 7.57. The summed E-state index contributed by atoms with van der Waals surface area (Å²) < 4.78 is 0. The van der Waals surface area contributed by atoms with Crippen molar-refractivity contribution in [3.8, 4) is 11.8 Å². The summed E-state index contributed by atoms with van der Waals surface area (Å²) in [5.41, 5.74) is 1.37. The van der Waals surface area contributed by atoms with Crippen LogP contribution in [0.25, 0.3) is 0 Å². The van der Waals surface area contributed by atoms with Crippen molar-refractivity contribution in [1.82, 2.24) is 0 Å². The summed E-state index contributed by atoms with van der Waals surface area (Å²) in [6, 6.07) is 10.4. The molecular formula is C13H16O. The zero-order valence-corrected chi connectivity index (χ0v) is 8.79. The van der Waals surface area contributed by atoms with E-state index >= 15 is 0 Å². The average molecular weight is 188 g/mol. The molecule has 0 aliphatic heterocycles. The number of carbonyl (C=O) groups excluding carboxylic acids is 1. The van der Waals surface area contributed by atoms with E-state index in [0.717, 1.165) is 19.1 Å². The molecule has 1 aromatic rings. The molecule has 1 aromatic carbocycles. The van der Waals surface area contributed by atoms with Crippen molar-refractivity contribution in [3.63, 3.8) is 0 Å². The second-order valence-corrected chi connectivity index (χ2v) is 2.65. The van der Waals surface area contributed by atoms with Gasteiger partial charge in [-0.3, -0.25) is 0 Å². The van der Waals surface area contributed by atoms with E-state index in [1.165, 1.54) is 12.5 Å². The predicted octanol–water partition coefficient (Wildman–Crippen LogP) is 2.85. The summed E-state index contributed by atoms with van der Waals surface area (Å²) in [4.78, 5) is 8.81. The Hall–Kier alpha value is -1.55. The van der Waals surface area contributed by atoms with Crippen molar-refractivity contribution in [2.75, 3.05) is 0 Å². The molecule has 1 nitrogen and oxygen atoms in total. The van der Waals surface area contributed by atoms with E-state index < -0.39 is 0 Å². The molecule has 0 spiro atoms. The predicted molar refractivity (Wildman–Crippen MR) is 60.0 cm³/mol. The lowest BCUT2D eigenvalue weighted by atomic mass is 10.1. The molecule has 0 saturated carbocycles. The highest BCUT2D eigenvalue weighted by molar-refractivity contribution is 5.44. The average Bonchev–Trinajstić information content (AvgIpc) is 2.21. The molecule has 0 amide bonds. The molecule has 0 radical (unpaired) electrons. The van der Waals surface area contributed by atoms with Crippen LogP contribution in [-0.4, -0.2) is 6.29 Å². The Bertz CT molecular complexity index is 290. The van der Waals surface area contributed by atoms with Gasteiger partial charge in [0.1, 0.15) is 6.29 Å². The van der Waals surface area contributed by atoms with Gasteiger partial charge in [0.15, 0.2) is 0 Å². The Morgan fingerprint density at radius 1 is 1.29 bits per heavy atom. The van der Waals surface area contributed by atoms with Crippen LogP contribution < -0.4 is 0 Å². The van der Waals surface area contributed by atoms with Gasteiger partial charge in [-0.1, -0.05) is 30.3 Å². The number of aryl methyl sites for hydroxylation is 1. The van der Waals surface area contributed by atoms with E-state index in [2.05, 4.69) is 36.1 Å². The van der Waals surface area contributed by atoms with E-state index in [-0.39, 0.29) is 0 Å². The van der Waals surface area contributed by atoms with E-state index in [9.17, 15) is 0 Å². The second-order valence-electron chi connectivity index (χ2n) is 2.65. The molecule has 1 rings (SSSR count). The van der Waals surface area contributed by atoms with Gasteiger partial charge < -0.3 is 4.79 Å². The monoisotopic (exact) mass is 188 g/mol. The summed E-state index contributed by atoms with van der Waals surface area (Å²) in [5.74, 6) is 5.93. The van der Waals surface area contributed by atoms with Crippen molar-refractivity contribution in [2.45, 2.75) is 26.7 Å². The fraction of sp³-hybridized carbons (Fsp3) is 0.308. The van der Waals surface area contributed by atoms with Crippen LogP contribution in [0.1, 0.15) is 25.8 Å². The van der Waals surface area contributed by atoms with Crippen molar-refractivity contribution in [3.05, 3.63) is 35.9 Å². The molecule has 0 N–H and O–H groups in total. The summed E-state index contributed by atoms with van der Waals surface area (Å²) in [5, 5.41) is 0. The first-order chi connectivity index (χ1) is 6.85. The summed E-state index contributed by atoms with van der Waals surface area (Å²) >= 11 is 0. The standard InChI is InChI=1S/C11H12.C2H4O/c1-2-3-5-8-11-9-6-4-7-10-11;1-2-3/h4,6-7,9-10H,5,8H2,1H3;2H,1H3. The highest BCUT2D eigenvalue weighted by atomic mass is 16.1. The summed E-state index contributed by atoms with van der Waals surface area (Å²) in [6.07, 6.45) is 2.79. The van der Waals surface area contributed by atoms with E-state index in [1.807, 2.05) is 13.0 Å². The topological polar surface area (TPSA) is 17.1 Å². The Kier molecular flexibility index (Phi) is 8.48. The molecule has 0 aliphatic carbocycles. The number of aldehydes is 1. The highest BCUT2D eigenvalue weighted by Crippen LogP contribution is 2.00. The fourth-order valence-corrected chi connectivity index (χ4v) is 0.977. The van der Waals surface area contributed by atoms with Crippen LogP contribution >= 0.6 is 0 Å². The SMILES string of the molecule is CC#CCCc1ccccc1.CC=O. The van der Waals surface area contributed by atoms with Gasteiger partial charge in [-0.25, -0.2) is 0 Å². The second kappa shape index (κ2) is 9.54. The molecule has 1 heteroatoms. The highest BCUT2D eigenvalue weighted by Gasteiger charge is 1.86. The van der Waals surface area contributed by atoms with Crippen LogP contribution in [0.4, 0.5) is 0 Å². The molecule has 0 fully saturated rings. The van der Waals surface area contributed by atoms with Gasteiger partial charge in [0.2, 0.25) is 0 Å². The number of benzene rings is 1. The molecule has 0 unspecified atom stereocenters. The molecule has 0 heterocycles. The van der Waals surface area contributed by atoms with Crippen molar-refractivity contribution in [2.24, 2.45) is 0 Å². The molecule has 0 aliphatic rings. The lowest BCUT2D eigenvalue weighted by Crippen LogP contribution is -1.80. The van der Waals surface area contributed by atoms with Gasteiger partial charge >= 0.3 is 0 Å². The maximum absolute atomic E-state index is 8.81. The van der Waals surface area contributed by atoms with Gasteiger partial charge in [0.25, 0.3) is 0 Å². The number of hydrogen-bond acceptors (Lipinski definition) is 1. The first kappa shape index (κ1) is 12.4. The van der Waals surface area contributed by atoms with Crippen molar-refractivity contribution < 1.29 is 4.79 Å². The molecule has 74 valence electrons. The number of rotatable bonds is 2. The third-order valence-corrected chi connectivity index (χ3v) is 1.56. The third-order valence-electron chi connectivity index (χ3n) is 1.56. The number of hydrogen-bond donors (Lipinski definition) is 0. The first-order valence-electron chi connectivity index (χ1n) is 4.68. The van der Waals surface area contributed by atoms with Gasteiger partial charge in [-0.05, 0) is 25.8 Å². The maximum atomic E-state index is 8.81. The van der Waals surface area contributed by atoms with Gasteiger partial charge in [0, 0.05) is 6.42 Å². The molecule has 0 atom stereocenters. The molecule has 0 bridgehead atoms. The Balaban J connectivity index is 0.000000500. The Labute approximate surface area is 86.2 Å². The smallest absolute Gasteiger partial charge is 0.116 e. The Morgan fingerprint density at radius 2 is 1.86 bits per heavy atom. The summed E-state index contributed by atoms with van der Waals surface area (Å²) in [7, 11) is 0. The minimum absolute atomic E-state index is 0.750. The quantitative estimate of drug-likeness (QED) is 0.515. The lowest BCUT2D eigenvalue weighted by Gasteiger charge is -1.93. The van der Waals surface area contributed by atoms with Crippen LogP contribution in [-0.2, 0) is 11.2 Å². The van der Waals surface area contributed by atoms with E-state index in [0.29, 0.717) is 0 Å². The maximum Gasteiger partial charge on any atom is 0.116 e. The van der Waals surface area contributed by atoms with Gasteiger partial charge in [-0.15, -0.1) is 11.8 Å². The minimum atomic E-state index is 0.750. The molecule has 14 heavy (non-hydrogen) atoms. The lowest BCUT2D eigenvalue weighted by molar-refractivity contribution is -0.106. The minimum Gasteiger partial charge on any atom is -0.304 e. The van der Waals surface area contributed by atoms with Crippen molar-refractivity contribution in [1.29, 1.82) is 0 Å². The van der Waals surface area contributed by atoms with Crippen LogP contribution in [0, 0.1) is 11.8 Å².